The minimum Gasteiger partial charge on any atom is -0.352 e. The number of amides is 1. The maximum absolute atomic E-state index is 12.9. The van der Waals surface area contributed by atoms with E-state index >= 15 is 0 Å². The maximum atomic E-state index is 12.9. The summed E-state index contributed by atoms with van der Waals surface area (Å²) in [6.45, 7) is 2.64. The van der Waals surface area contributed by atoms with E-state index in [1.807, 2.05) is 29.2 Å². The van der Waals surface area contributed by atoms with Gasteiger partial charge < -0.3 is 10.2 Å². The first-order chi connectivity index (χ1) is 15.9. The molecule has 1 aliphatic rings. The lowest BCUT2D eigenvalue weighted by atomic mass is 10.1. The molecule has 0 atom stereocenters. The highest BCUT2D eigenvalue weighted by molar-refractivity contribution is 6.00. The van der Waals surface area contributed by atoms with E-state index < -0.39 is 11.7 Å². The molecule has 4 aromatic rings. The second kappa shape index (κ2) is 8.32. The highest BCUT2D eigenvalue weighted by Crippen LogP contribution is 2.31. The summed E-state index contributed by atoms with van der Waals surface area (Å²) in [5.41, 5.74) is 0.0318. The zero-order chi connectivity index (χ0) is 23.0. The zero-order valence-electron chi connectivity index (χ0n) is 17.5. The van der Waals surface area contributed by atoms with Crippen molar-refractivity contribution in [2.75, 3.05) is 42.9 Å². The predicted molar refractivity (Wildman–Crippen MR) is 117 cm³/mol. The lowest BCUT2D eigenvalue weighted by Crippen LogP contribution is -2.49. The van der Waals surface area contributed by atoms with Gasteiger partial charge in [-0.2, -0.15) is 17.7 Å². The Hall–Kier alpha value is -3.73. The Bertz CT molecular complexity index is 1310. The van der Waals surface area contributed by atoms with Crippen LogP contribution in [0.25, 0.3) is 16.4 Å². The van der Waals surface area contributed by atoms with E-state index in [9.17, 15) is 18.0 Å². The van der Waals surface area contributed by atoms with Gasteiger partial charge in [-0.25, -0.2) is 0 Å². The molecule has 3 heterocycles. The van der Waals surface area contributed by atoms with Crippen molar-refractivity contribution in [2.45, 2.75) is 6.18 Å². The van der Waals surface area contributed by atoms with Crippen LogP contribution >= 0.6 is 0 Å². The van der Waals surface area contributed by atoms with E-state index in [4.69, 9.17) is 0 Å². The van der Waals surface area contributed by atoms with Gasteiger partial charge in [0.05, 0.1) is 12.1 Å². The SMILES string of the molecule is O=C(CN1CCN(c2nn3cnnc3c3ccccc23)CC1)Nc1cccc(C(F)(F)F)c1. The van der Waals surface area contributed by atoms with Crippen molar-refractivity contribution in [1.29, 1.82) is 0 Å². The van der Waals surface area contributed by atoms with Crippen molar-refractivity contribution >= 4 is 33.8 Å². The van der Waals surface area contributed by atoms with Crippen molar-refractivity contribution < 1.29 is 18.0 Å². The van der Waals surface area contributed by atoms with Crippen LogP contribution in [0.5, 0.6) is 0 Å². The van der Waals surface area contributed by atoms with Crippen LogP contribution in [0.1, 0.15) is 5.56 Å². The first-order valence-electron chi connectivity index (χ1n) is 10.4. The van der Waals surface area contributed by atoms with Gasteiger partial charge in [-0.15, -0.1) is 15.3 Å². The molecule has 170 valence electrons. The Morgan fingerprint density at radius 2 is 1.76 bits per heavy atom. The summed E-state index contributed by atoms with van der Waals surface area (Å²) in [5.74, 6) is 0.475. The molecule has 0 bridgehead atoms. The van der Waals surface area contributed by atoms with Crippen molar-refractivity contribution in [3.63, 3.8) is 0 Å². The summed E-state index contributed by atoms with van der Waals surface area (Å²) < 4.78 is 40.3. The number of carbonyl (C=O) groups excluding carboxylic acids is 1. The fourth-order valence-corrected chi connectivity index (χ4v) is 4.04. The largest absolute Gasteiger partial charge is 0.416 e. The van der Waals surface area contributed by atoms with Gasteiger partial charge in [0.2, 0.25) is 5.91 Å². The number of piperazine rings is 1. The molecular weight excluding hydrogens is 435 g/mol. The quantitative estimate of drug-likeness (QED) is 0.510. The zero-order valence-corrected chi connectivity index (χ0v) is 17.5. The molecule has 1 amide bonds. The van der Waals surface area contributed by atoms with Crippen LogP contribution in [-0.4, -0.2) is 63.3 Å². The van der Waals surface area contributed by atoms with Gasteiger partial charge in [0, 0.05) is 42.6 Å². The molecule has 2 aromatic carbocycles. The molecule has 8 nitrogen and oxygen atoms in total. The Labute approximate surface area is 186 Å². The predicted octanol–water partition coefficient (Wildman–Crippen LogP) is 3.06. The van der Waals surface area contributed by atoms with Crippen LogP contribution in [0.3, 0.4) is 0 Å². The normalized spacial score (nSPS) is 15.3. The number of nitrogens with one attached hydrogen (secondary N) is 1. The van der Waals surface area contributed by atoms with E-state index in [0.29, 0.717) is 31.8 Å². The van der Waals surface area contributed by atoms with Crippen LogP contribution in [0.4, 0.5) is 24.7 Å². The second-order valence-corrected chi connectivity index (χ2v) is 7.86. The van der Waals surface area contributed by atoms with Crippen LogP contribution in [0, 0.1) is 0 Å². The number of nitrogens with zero attached hydrogens (tertiary/aromatic N) is 6. The van der Waals surface area contributed by atoms with Crippen LogP contribution in [0.15, 0.2) is 54.9 Å². The fourth-order valence-electron chi connectivity index (χ4n) is 4.04. The Kier molecular flexibility index (Phi) is 5.33. The van der Waals surface area contributed by atoms with Crippen LogP contribution in [-0.2, 0) is 11.0 Å². The first-order valence-corrected chi connectivity index (χ1v) is 10.4. The van der Waals surface area contributed by atoms with Gasteiger partial charge in [-0.05, 0) is 18.2 Å². The number of hydrogen-bond acceptors (Lipinski definition) is 6. The van der Waals surface area contributed by atoms with E-state index in [2.05, 4.69) is 25.5 Å². The summed E-state index contributed by atoms with van der Waals surface area (Å²) in [7, 11) is 0. The monoisotopic (exact) mass is 455 g/mol. The summed E-state index contributed by atoms with van der Waals surface area (Å²) in [6.07, 6.45) is -2.88. The molecule has 11 heteroatoms. The molecule has 0 radical (unpaired) electrons. The molecule has 1 fully saturated rings. The topological polar surface area (TPSA) is 78.7 Å². The maximum Gasteiger partial charge on any atom is 0.416 e. The number of halogens is 3. The number of rotatable bonds is 4. The summed E-state index contributed by atoms with van der Waals surface area (Å²) in [5, 5.41) is 17.3. The minimum atomic E-state index is -4.45. The molecule has 0 saturated carbocycles. The molecule has 1 N–H and O–H groups in total. The van der Waals surface area contributed by atoms with Gasteiger partial charge in [0.25, 0.3) is 0 Å². The molecule has 0 spiro atoms. The molecular formula is C22H20F3N7O. The van der Waals surface area contributed by atoms with Crippen molar-refractivity contribution in [3.8, 4) is 0 Å². The van der Waals surface area contributed by atoms with Crippen molar-refractivity contribution in [3.05, 3.63) is 60.4 Å². The van der Waals surface area contributed by atoms with Gasteiger partial charge in [-0.3, -0.25) is 9.69 Å². The number of benzene rings is 2. The third kappa shape index (κ3) is 4.31. The molecule has 0 aliphatic carbocycles. The summed E-state index contributed by atoms with van der Waals surface area (Å²) >= 11 is 0. The van der Waals surface area contributed by atoms with Gasteiger partial charge in [0.15, 0.2) is 11.5 Å². The van der Waals surface area contributed by atoms with Crippen LogP contribution < -0.4 is 10.2 Å². The number of hydrogen-bond donors (Lipinski definition) is 1. The smallest absolute Gasteiger partial charge is 0.352 e. The van der Waals surface area contributed by atoms with E-state index in [-0.39, 0.29) is 18.1 Å². The number of aromatic nitrogens is 4. The van der Waals surface area contributed by atoms with Crippen molar-refractivity contribution in [1.82, 2.24) is 24.7 Å². The van der Waals surface area contributed by atoms with E-state index in [1.165, 1.54) is 12.1 Å². The lowest BCUT2D eigenvalue weighted by molar-refractivity contribution is -0.137. The Balaban J connectivity index is 1.24. The Morgan fingerprint density at radius 3 is 2.52 bits per heavy atom. The number of anilines is 2. The van der Waals surface area contributed by atoms with Gasteiger partial charge >= 0.3 is 6.18 Å². The average Bonchev–Trinajstić information content (AvgIpc) is 3.28. The van der Waals surface area contributed by atoms with E-state index in [1.54, 1.807) is 10.8 Å². The van der Waals surface area contributed by atoms with Crippen LogP contribution in [0.2, 0.25) is 0 Å². The Morgan fingerprint density at radius 1 is 1.00 bits per heavy atom. The third-order valence-electron chi connectivity index (χ3n) is 5.65. The van der Waals surface area contributed by atoms with Gasteiger partial charge in [0.1, 0.15) is 6.33 Å². The highest BCUT2D eigenvalue weighted by Gasteiger charge is 2.30. The second-order valence-electron chi connectivity index (χ2n) is 7.86. The number of alkyl halides is 3. The summed E-state index contributed by atoms with van der Waals surface area (Å²) in [6, 6.07) is 12.5. The number of fused-ring (bicyclic) bond motifs is 3. The third-order valence-corrected chi connectivity index (χ3v) is 5.65. The minimum absolute atomic E-state index is 0.0999. The first kappa shape index (κ1) is 21.1. The number of carbonyl (C=O) groups is 1. The molecule has 5 rings (SSSR count). The van der Waals surface area contributed by atoms with E-state index in [0.717, 1.165) is 28.7 Å². The molecule has 33 heavy (non-hydrogen) atoms. The average molecular weight is 455 g/mol. The fraction of sp³-hybridized carbons (Fsp3) is 0.273. The molecule has 0 unspecified atom stereocenters. The molecule has 2 aromatic heterocycles. The van der Waals surface area contributed by atoms with Gasteiger partial charge in [-0.1, -0.05) is 30.3 Å². The standard InChI is InChI=1S/C22H20F3N7O/c23-22(24,25)15-4-3-5-16(12-15)27-19(33)13-30-8-10-31(11-9-30)21-18-7-2-1-6-17(18)20-28-26-14-32(20)29-21/h1-7,12,14H,8-11,13H2,(H,27,33). The highest BCUT2D eigenvalue weighted by atomic mass is 19.4. The molecule has 1 aliphatic heterocycles. The lowest BCUT2D eigenvalue weighted by Gasteiger charge is -2.35. The summed E-state index contributed by atoms with van der Waals surface area (Å²) in [4.78, 5) is 16.5. The molecule has 1 saturated heterocycles. The van der Waals surface area contributed by atoms with Crippen molar-refractivity contribution in [2.24, 2.45) is 0 Å².